The van der Waals surface area contributed by atoms with E-state index in [1.165, 1.54) is 0 Å². The van der Waals surface area contributed by atoms with Crippen LogP contribution in [0.2, 0.25) is 0 Å². The predicted molar refractivity (Wildman–Crippen MR) is 52.4 cm³/mol. The molecule has 4 heteroatoms. The third-order valence-electron chi connectivity index (χ3n) is 0.800. The zero-order valence-corrected chi connectivity index (χ0v) is 9.57. The summed E-state index contributed by atoms with van der Waals surface area (Å²) in [6.45, 7) is 0. The number of halogens is 3. The predicted octanol–water partition coefficient (Wildman–Crippen LogP) is 3.21. The van der Waals surface area contributed by atoms with Gasteiger partial charge in [0.25, 0.3) is 0 Å². The zero-order chi connectivity index (χ0) is 6.85. The van der Waals surface area contributed by atoms with Crippen molar-refractivity contribution in [3.8, 4) is 0 Å². The first kappa shape index (κ1) is 7.94. The lowest BCUT2D eigenvalue weighted by Crippen LogP contribution is -1.80. The van der Waals surface area contributed by atoms with Crippen LogP contribution in [0.4, 0.5) is 0 Å². The van der Waals surface area contributed by atoms with E-state index in [-0.39, 0.29) is 0 Å². The van der Waals surface area contributed by atoms with Gasteiger partial charge in [0.2, 0.25) is 0 Å². The van der Waals surface area contributed by atoms with Crippen molar-refractivity contribution in [2.75, 3.05) is 0 Å². The first-order chi connectivity index (χ1) is 4.22. The fourth-order valence-corrected chi connectivity index (χ4v) is 1.76. The molecule has 48 valence electrons. The Balaban J connectivity index is 3.25. The lowest BCUT2D eigenvalue weighted by atomic mass is 10.5. The lowest BCUT2D eigenvalue weighted by molar-refractivity contribution is 1.24. The molecule has 0 bridgehead atoms. The van der Waals surface area contributed by atoms with Crippen LogP contribution < -0.4 is 0 Å². The van der Waals surface area contributed by atoms with Crippen LogP contribution in [0.3, 0.4) is 0 Å². The zero-order valence-electron chi connectivity index (χ0n) is 4.24. The molecule has 1 rings (SSSR count). The number of rotatable bonds is 0. The van der Waals surface area contributed by atoms with Gasteiger partial charge in [0.1, 0.15) is 3.70 Å². The van der Waals surface area contributed by atoms with Crippen molar-refractivity contribution in [2.24, 2.45) is 0 Å². The summed E-state index contributed by atoms with van der Waals surface area (Å²) >= 11 is 8.88. The van der Waals surface area contributed by atoms with Crippen molar-refractivity contribution < 1.29 is 0 Å². The van der Waals surface area contributed by atoms with Crippen molar-refractivity contribution in [1.29, 1.82) is 0 Å². The minimum Gasteiger partial charge on any atom is -0.249 e. The van der Waals surface area contributed by atoms with Gasteiger partial charge in [0.15, 0.2) is 0 Å². The quantitative estimate of drug-likeness (QED) is 0.510. The lowest BCUT2D eigenvalue weighted by Gasteiger charge is -1.94. The number of aromatic nitrogens is 1. The second kappa shape index (κ2) is 3.30. The largest absolute Gasteiger partial charge is 0.249 e. The molecule has 0 aromatic carbocycles. The van der Waals surface area contributed by atoms with Crippen molar-refractivity contribution >= 4 is 54.5 Å². The van der Waals surface area contributed by atoms with Crippen molar-refractivity contribution in [1.82, 2.24) is 4.98 Å². The molecule has 0 unspecified atom stereocenters. The van der Waals surface area contributed by atoms with Gasteiger partial charge in [-0.15, -0.1) is 0 Å². The van der Waals surface area contributed by atoms with Gasteiger partial charge < -0.3 is 0 Å². The van der Waals surface area contributed by atoms with E-state index in [1.54, 1.807) is 6.20 Å². The number of hydrogen-bond donors (Lipinski definition) is 0. The molecule has 1 aromatic rings. The molecule has 0 aliphatic heterocycles. The maximum absolute atomic E-state index is 4.05. The molecule has 1 heterocycles. The highest BCUT2D eigenvalue weighted by atomic mass is 127. The van der Waals surface area contributed by atoms with Crippen LogP contribution in [-0.4, -0.2) is 4.98 Å². The summed E-state index contributed by atoms with van der Waals surface area (Å²) < 4.78 is 3.04. The maximum Gasteiger partial charge on any atom is 0.116 e. The third-order valence-corrected chi connectivity index (χ3v) is 4.35. The molecule has 0 aliphatic rings. The first-order valence-corrected chi connectivity index (χ1v) is 4.84. The molecule has 0 atom stereocenters. The van der Waals surface area contributed by atoms with Crippen molar-refractivity contribution in [2.45, 2.75) is 0 Å². The molecule has 0 spiro atoms. The second-order valence-electron chi connectivity index (χ2n) is 1.40. The SMILES string of the molecule is Brc1ccnc(I)c1Br. The molecular formula is C5H2Br2IN. The molecular weight excluding hydrogens is 361 g/mol. The average molecular weight is 363 g/mol. The monoisotopic (exact) mass is 361 g/mol. The number of hydrogen-bond acceptors (Lipinski definition) is 1. The fourth-order valence-electron chi connectivity index (χ4n) is 0.397. The summed E-state index contributed by atoms with van der Waals surface area (Å²) in [5.74, 6) is 0. The van der Waals surface area contributed by atoms with Gasteiger partial charge in [-0.1, -0.05) is 0 Å². The molecule has 0 fully saturated rings. The van der Waals surface area contributed by atoms with Crippen LogP contribution in [0.25, 0.3) is 0 Å². The summed E-state index contributed by atoms with van der Waals surface area (Å²) in [6.07, 6.45) is 1.76. The average Bonchev–Trinajstić information content (AvgIpc) is 1.83. The minimum atomic E-state index is 0.974. The van der Waals surface area contributed by atoms with Crippen LogP contribution in [0, 0.1) is 3.70 Å². The Bertz CT molecular complexity index is 206. The molecule has 9 heavy (non-hydrogen) atoms. The molecule has 0 N–H and O–H groups in total. The van der Waals surface area contributed by atoms with E-state index in [9.17, 15) is 0 Å². The van der Waals surface area contributed by atoms with Crippen LogP contribution >= 0.6 is 54.5 Å². The third kappa shape index (κ3) is 1.88. The van der Waals surface area contributed by atoms with Gasteiger partial charge in [-0.25, -0.2) is 4.98 Å². The Hall–Kier alpha value is 0.840. The molecule has 0 saturated carbocycles. The van der Waals surface area contributed by atoms with Gasteiger partial charge in [0.05, 0.1) is 4.47 Å². The topological polar surface area (TPSA) is 12.9 Å². The van der Waals surface area contributed by atoms with E-state index >= 15 is 0 Å². The Morgan fingerprint density at radius 3 is 2.56 bits per heavy atom. The number of nitrogens with zero attached hydrogens (tertiary/aromatic N) is 1. The van der Waals surface area contributed by atoms with Gasteiger partial charge >= 0.3 is 0 Å². The van der Waals surface area contributed by atoms with Gasteiger partial charge in [0, 0.05) is 10.7 Å². The Labute approximate surface area is 83.6 Å². The van der Waals surface area contributed by atoms with E-state index in [2.05, 4.69) is 59.4 Å². The van der Waals surface area contributed by atoms with Crippen molar-refractivity contribution in [3.63, 3.8) is 0 Å². The van der Waals surface area contributed by atoms with Crippen LogP contribution in [-0.2, 0) is 0 Å². The minimum absolute atomic E-state index is 0.974. The highest BCUT2D eigenvalue weighted by Crippen LogP contribution is 2.25. The standard InChI is InChI=1S/C5H2Br2IN/c6-3-1-2-9-5(8)4(3)7/h1-2H. The van der Waals surface area contributed by atoms with Gasteiger partial charge in [-0.2, -0.15) is 0 Å². The summed E-state index contributed by atoms with van der Waals surface area (Å²) in [7, 11) is 0. The number of pyridine rings is 1. The summed E-state index contributed by atoms with van der Waals surface area (Å²) in [5, 5.41) is 0. The van der Waals surface area contributed by atoms with Gasteiger partial charge in [-0.3, -0.25) is 0 Å². The van der Waals surface area contributed by atoms with E-state index < -0.39 is 0 Å². The van der Waals surface area contributed by atoms with E-state index in [4.69, 9.17) is 0 Å². The summed E-state index contributed by atoms with van der Waals surface area (Å²) in [6, 6.07) is 1.90. The van der Waals surface area contributed by atoms with Gasteiger partial charge in [-0.05, 0) is 60.5 Å². The highest BCUT2D eigenvalue weighted by molar-refractivity contribution is 14.1. The molecule has 0 aliphatic carbocycles. The van der Waals surface area contributed by atoms with Crippen LogP contribution in [0.5, 0.6) is 0 Å². The van der Waals surface area contributed by atoms with E-state index in [0.717, 1.165) is 12.6 Å². The highest BCUT2D eigenvalue weighted by Gasteiger charge is 1.98. The fraction of sp³-hybridized carbons (Fsp3) is 0. The van der Waals surface area contributed by atoms with Crippen molar-refractivity contribution in [3.05, 3.63) is 24.9 Å². The molecule has 0 saturated heterocycles. The normalized spacial score (nSPS) is 9.67. The smallest absolute Gasteiger partial charge is 0.116 e. The van der Waals surface area contributed by atoms with E-state index in [1.807, 2.05) is 6.07 Å². The second-order valence-corrected chi connectivity index (χ2v) is 4.07. The molecule has 0 amide bonds. The molecule has 1 aromatic heterocycles. The Kier molecular flexibility index (Phi) is 2.91. The molecule has 0 radical (unpaired) electrons. The van der Waals surface area contributed by atoms with E-state index in [0.29, 0.717) is 0 Å². The molecule has 1 nitrogen and oxygen atoms in total. The Morgan fingerprint density at radius 1 is 1.44 bits per heavy atom. The summed E-state index contributed by atoms with van der Waals surface area (Å²) in [4.78, 5) is 4.05. The maximum atomic E-state index is 4.05. The van der Waals surface area contributed by atoms with Crippen LogP contribution in [0.15, 0.2) is 21.2 Å². The summed E-state index contributed by atoms with van der Waals surface area (Å²) in [5.41, 5.74) is 0. The first-order valence-electron chi connectivity index (χ1n) is 2.17. The van der Waals surface area contributed by atoms with Crippen LogP contribution in [0.1, 0.15) is 0 Å². The Morgan fingerprint density at radius 2 is 2.11 bits per heavy atom.